The molecule has 4 heteroatoms. The highest BCUT2D eigenvalue weighted by Crippen LogP contribution is 2.33. The van der Waals surface area contributed by atoms with Gasteiger partial charge in [-0.1, -0.05) is 6.92 Å². The van der Waals surface area contributed by atoms with Crippen molar-refractivity contribution in [1.29, 1.82) is 0 Å². The van der Waals surface area contributed by atoms with Gasteiger partial charge in [0.1, 0.15) is 11.9 Å². The van der Waals surface area contributed by atoms with Crippen LogP contribution in [-0.2, 0) is 6.54 Å². The van der Waals surface area contributed by atoms with Gasteiger partial charge in [0.2, 0.25) is 0 Å². The molecule has 17 heavy (non-hydrogen) atoms. The Kier molecular flexibility index (Phi) is 2.92. The molecule has 1 N–H and O–H groups in total. The van der Waals surface area contributed by atoms with Crippen molar-refractivity contribution in [2.45, 2.75) is 51.3 Å². The van der Waals surface area contributed by atoms with Gasteiger partial charge in [-0.05, 0) is 38.8 Å². The smallest absolute Gasteiger partial charge is 0.138 e. The topological polar surface area (TPSA) is 41.3 Å². The molecular formula is C13H21N3O. The zero-order chi connectivity index (χ0) is 11.8. The van der Waals surface area contributed by atoms with Crippen molar-refractivity contribution in [3.63, 3.8) is 0 Å². The van der Waals surface area contributed by atoms with E-state index in [4.69, 9.17) is 0 Å². The van der Waals surface area contributed by atoms with Gasteiger partial charge in [0, 0.05) is 12.7 Å². The van der Waals surface area contributed by atoms with Gasteiger partial charge in [-0.25, -0.2) is 4.98 Å². The first kappa shape index (κ1) is 11.2. The first-order chi connectivity index (χ1) is 8.29. The molecule has 94 valence electrons. The van der Waals surface area contributed by atoms with Crippen molar-refractivity contribution in [2.75, 3.05) is 13.1 Å². The molecule has 0 bridgehead atoms. The minimum atomic E-state index is -0.353. The molecule has 0 spiro atoms. The Balaban J connectivity index is 1.89. The highest BCUT2D eigenvalue weighted by Gasteiger charge is 2.29. The Morgan fingerprint density at radius 2 is 2.18 bits per heavy atom. The molecule has 2 aliphatic heterocycles. The van der Waals surface area contributed by atoms with Crippen LogP contribution in [0.15, 0.2) is 6.20 Å². The van der Waals surface area contributed by atoms with Gasteiger partial charge >= 0.3 is 0 Å². The van der Waals surface area contributed by atoms with Gasteiger partial charge in [0.25, 0.3) is 0 Å². The lowest BCUT2D eigenvalue weighted by molar-refractivity contribution is 0.133. The summed E-state index contributed by atoms with van der Waals surface area (Å²) in [6.07, 6.45) is 6.21. The van der Waals surface area contributed by atoms with Gasteiger partial charge in [-0.15, -0.1) is 0 Å². The predicted molar refractivity (Wildman–Crippen MR) is 65.6 cm³/mol. The van der Waals surface area contributed by atoms with E-state index in [2.05, 4.69) is 27.6 Å². The second kappa shape index (κ2) is 4.42. The van der Waals surface area contributed by atoms with Crippen LogP contribution in [0.25, 0.3) is 0 Å². The number of likely N-dealkylation sites (tertiary alicyclic amines) is 1. The third-order valence-corrected chi connectivity index (χ3v) is 4.11. The summed E-state index contributed by atoms with van der Waals surface area (Å²) in [4.78, 5) is 7.17. The Labute approximate surface area is 102 Å². The van der Waals surface area contributed by atoms with Crippen LogP contribution >= 0.6 is 0 Å². The Morgan fingerprint density at radius 1 is 1.35 bits per heavy atom. The zero-order valence-electron chi connectivity index (χ0n) is 10.5. The van der Waals surface area contributed by atoms with Gasteiger partial charge in [-0.3, -0.25) is 4.90 Å². The lowest BCUT2D eigenvalue weighted by Crippen LogP contribution is -2.22. The highest BCUT2D eigenvalue weighted by atomic mass is 16.3. The third kappa shape index (κ3) is 1.89. The van der Waals surface area contributed by atoms with E-state index in [-0.39, 0.29) is 6.10 Å². The maximum Gasteiger partial charge on any atom is 0.138 e. The zero-order valence-corrected chi connectivity index (χ0v) is 10.5. The summed E-state index contributed by atoms with van der Waals surface area (Å²) < 4.78 is 2.15. The summed E-state index contributed by atoms with van der Waals surface area (Å²) in [5.41, 5.74) is 1.17. The molecule has 2 aliphatic rings. The molecule has 3 heterocycles. The molecule has 3 rings (SSSR count). The molecule has 2 unspecified atom stereocenters. The molecule has 0 aliphatic carbocycles. The highest BCUT2D eigenvalue weighted by molar-refractivity contribution is 5.13. The van der Waals surface area contributed by atoms with E-state index in [0.717, 1.165) is 31.8 Å². The van der Waals surface area contributed by atoms with Crippen molar-refractivity contribution in [1.82, 2.24) is 14.5 Å². The quantitative estimate of drug-likeness (QED) is 0.850. The van der Waals surface area contributed by atoms with Crippen LogP contribution in [0.3, 0.4) is 0 Å². The van der Waals surface area contributed by atoms with E-state index in [1.807, 2.05) is 0 Å². The van der Waals surface area contributed by atoms with Crippen molar-refractivity contribution < 1.29 is 5.11 Å². The second-order valence-electron chi connectivity index (χ2n) is 5.16. The molecule has 0 saturated carbocycles. The number of fused-ring (bicyclic) bond motifs is 1. The Hall–Kier alpha value is -0.870. The molecular weight excluding hydrogens is 214 g/mol. The average Bonchev–Trinajstić information content (AvgIpc) is 2.94. The third-order valence-electron chi connectivity index (χ3n) is 4.11. The first-order valence-electron chi connectivity index (χ1n) is 6.78. The fourth-order valence-electron chi connectivity index (χ4n) is 3.18. The number of aliphatic hydroxyl groups is 1. The number of aryl methyl sites for hydroxylation is 1. The maximum atomic E-state index is 9.94. The number of hydrogen-bond donors (Lipinski definition) is 1. The van der Waals surface area contributed by atoms with Crippen LogP contribution in [-0.4, -0.2) is 32.6 Å². The summed E-state index contributed by atoms with van der Waals surface area (Å²) >= 11 is 0. The summed E-state index contributed by atoms with van der Waals surface area (Å²) in [5.74, 6) is 0.884. The summed E-state index contributed by atoms with van der Waals surface area (Å²) in [6.45, 7) is 5.50. The number of rotatable bonds is 2. The Bertz CT molecular complexity index is 401. The van der Waals surface area contributed by atoms with E-state index in [1.165, 1.54) is 25.1 Å². The summed E-state index contributed by atoms with van der Waals surface area (Å²) in [5, 5.41) is 9.94. The van der Waals surface area contributed by atoms with Crippen LogP contribution < -0.4 is 0 Å². The molecule has 2 atom stereocenters. The molecule has 1 saturated heterocycles. The van der Waals surface area contributed by atoms with Crippen LogP contribution in [0.5, 0.6) is 0 Å². The fraction of sp³-hybridized carbons (Fsp3) is 0.769. The molecule has 0 aromatic carbocycles. The van der Waals surface area contributed by atoms with Crippen LogP contribution in [0.2, 0.25) is 0 Å². The number of nitrogens with zero attached hydrogens (tertiary/aromatic N) is 3. The maximum absolute atomic E-state index is 9.94. The lowest BCUT2D eigenvalue weighted by atomic mass is 10.1. The first-order valence-corrected chi connectivity index (χ1v) is 6.78. The lowest BCUT2D eigenvalue weighted by Gasteiger charge is -2.20. The van der Waals surface area contributed by atoms with Crippen LogP contribution in [0.1, 0.15) is 56.3 Å². The number of aliphatic hydroxyl groups excluding tert-OH is 1. The van der Waals surface area contributed by atoms with Crippen molar-refractivity contribution in [3.8, 4) is 0 Å². The summed E-state index contributed by atoms with van der Waals surface area (Å²) in [7, 11) is 0. The summed E-state index contributed by atoms with van der Waals surface area (Å²) in [6, 6.07) is 0.477. The second-order valence-corrected chi connectivity index (χ2v) is 5.16. The molecule has 1 aromatic heterocycles. The van der Waals surface area contributed by atoms with Crippen molar-refractivity contribution in [2.24, 2.45) is 0 Å². The van der Waals surface area contributed by atoms with Gasteiger partial charge in [-0.2, -0.15) is 0 Å². The molecule has 0 amide bonds. The van der Waals surface area contributed by atoms with Gasteiger partial charge in [0.05, 0.1) is 11.7 Å². The molecule has 1 fully saturated rings. The standard InChI is InChI=1S/C13H21N3O/c1-2-15-7-3-5-11(15)10-9-16-8-4-6-12(17)13(16)14-10/h9,11-12,17H,2-8H2,1H3. The van der Waals surface area contributed by atoms with Crippen LogP contribution in [0, 0.1) is 0 Å². The van der Waals surface area contributed by atoms with E-state index in [1.54, 1.807) is 0 Å². The van der Waals surface area contributed by atoms with Gasteiger partial charge < -0.3 is 9.67 Å². The van der Waals surface area contributed by atoms with Crippen molar-refractivity contribution >= 4 is 0 Å². The number of imidazole rings is 1. The average molecular weight is 235 g/mol. The van der Waals surface area contributed by atoms with E-state index >= 15 is 0 Å². The van der Waals surface area contributed by atoms with E-state index in [0.29, 0.717) is 6.04 Å². The number of aromatic nitrogens is 2. The molecule has 0 radical (unpaired) electrons. The predicted octanol–water partition coefficient (Wildman–Crippen LogP) is 1.87. The van der Waals surface area contributed by atoms with Gasteiger partial charge in [0.15, 0.2) is 0 Å². The Morgan fingerprint density at radius 3 is 2.94 bits per heavy atom. The minimum absolute atomic E-state index is 0.353. The van der Waals surface area contributed by atoms with Crippen molar-refractivity contribution in [3.05, 3.63) is 17.7 Å². The fourth-order valence-corrected chi connectivity index (χ4v) is 3.18. The monoisotopic (exact) mass is 235 g/mol. The SMILES string of the molecule is CCN1CCCC1c1cn2c(n1)C(O)CCC2. The number of hydrogen-bond acceptors (Lipinski definition) is 3. The van der Waals surface area contributed by atoms with E-state index in [9.17, 15) is 5.11 Å². The molecule has 4 nitrogen and oxygen atoms in total. The van der Waals surface area contributed by atoms with E-state index < -0.39 is 0 Å². The largest absolute Gasteiger partial charge is 0.385 e. The van der Waals surface area contributed by atoms with Crippen LogP contribution in [0.4, 0.5) is 0 Å². The normalized spacial score (nSPS) is 29.5. The minimum Gasteiger partial charge on any atom is -0.385 e. The molecule has 1 aromatic rings.